The largest absolute Gasteiger partial charge is 0.364 e. The number of rotatable bonds is 9. The Morgan fingerprint density at radius 3 is 1.66 bits per heavy atom. The first-order valence-electron chi connectivity index (χ1n) is 15.2. The number of methoxy groups -OCH3 is 2. The van der Waals surface area contributed by atoms with Crippen molar-refractivity contribution in [2.45, 2.75) is 26.3 Å². The number of hydrogen-bond acceptors (Lipinski definition) is 9. The zero-order valence-electron chi connectivity index (χ0n) is 27.8. The summed E-state index contributed by atoms with van der Waals surface area (Å²) in [7, 11) is 11.0. The van der Waals surface area contributed by atoms with E-state index in [1.54, 1.807) is 53.9 Å². The van der Waals surface area contributed by atoms with Crippen LogP contribution < -0.4 is 16.4 Å². The van der Waals surface area contributed by atoms with Gasteiger partial charge in [0.1, 0.15) is 19.7 Å². The molecule has 2 aromatic carbocycles. The highest BCUT2D eigenvalue weighted by Crippen LogP contribution is 2.24. The Morgan fingerprint density at radius 2 is 1.21 bits per heavy atom. The van der Waals surface area contributed by atoms with Crippen molar-refractivity contribution < 1.29 is 14.3 Å². The van der Waals surface area contributed by atoms with Gasteiger partial charge in [0.25, 0.3) is 11.1 Å². The average molecular weight is 639 g/mol. The highest BCUT2D eigenvalue weighted by molar-refractivity contribution is 6.04. The fourth-order valence-corrected chi connectivity index (χ4v) is 5.36. The van der Waals surface area contributed by atoms with E-state index in [0.717, 1.165) is 52.1 Å². The van der Waals surface area contributed by atoms with Gasteiger partial charge >= 0.3 is 0 Å². The van der Waals surface area contributed by atoms with E-state index in [1.165, 1.54) is 5.56 Å². The van der Waals surface area contributed by atoms with Gasteiger partial charge in [-0.1, -0.05) is 12.1 Å². The topological polar surface area (TPSA) is 121 Å². The first-order valence-corrected chi connectivity index (χ1v) is 15.2. The Hall–Kier alpha value is -4.81. The number of hydrogen-bond donors (Lipinski definition) is 1. The van der Waals surface area contributed by atoms with Crippen LogP contribution in [0.15, 0.2) is 82.6 Å². The summed E-state index contributed by atoms with van der Waals surface area (Å²) in [5.74, 6) is 0. The lowest BCUT2D eigenvalue weighted by Gasteiger charge is -2.14. The summed E-state index contributed by atoms with van der Waals surface area (Å²) < 4.78 is 13.6. The Bertz CT molecular complexity index is 2100. The van der Waals surface area contributed by atoms with E-state index >= 15 is 0 Å². The number of pyridine rings is 4. The van der Waals surface area contributed by atoms with Crippen molar-refractivity contribution in [3.63, 3.8) is 0 Å². The van der Waals surface area contributed by atoms with E-state index in [0.29, 0.717) is 22.7 Å². The predicted molar refractivity (Wildman–Crippen MR) is 188 cm³/mol. The molecule has 0 aliphatic rings. The van der Waals surface area contributed by atoms with Crippen LogP contribution in [-0.2, 0) is 40.6 Å². The van der Waals surface area contributed by atoms with Gasteiger partial charge in [0.15, 0.2) is 0 Å². The van der Waals surface area contributed by atoms with Crippen LogP contribution >= 0.6 is 0 Å². The fraction of sp³-hybridized carbons (Fsp3) is 0.306. The molecule has 0 atom stereocenters. The van der Waals surface area contributed by atoms with Crippen LogP contribution in [0.2, 0.25) is 0 Å². The first kappa shape index (κ1) is 35.1. The number of nitrogens with zero attached hydrogens (tertiary/aromatic N) is 5. The molecule has 6 aromatic rings. The van der Waals surface area contributed by atoms with E-state index in [1.807, 2.05) is 44.4 Å². The Morgan fingerprint density at radius 1 is 0.745 bits per heavy atom. The standard InChI is InChI=1S/C18H21N3O2.C16H14N2O3.C2H7N/c1-20(2)10-8-13-6-7-16-15(11-13)17-14(5-4-9-19-17)18(22)21(16)12-23-3;1-21-10-18-14-5-4-11(6-8-19)9-13(14)15-12(16(18)20)3-2-7-17-15;1-3-2/h4-7,9,11H,8,10,12H2,1-3H3;2-5,7-9H,6,10H2,1H3;3H,1-2H3. The molecule has 0 amide bonds. The molecule has 0 radical (unpaired) electrons. The third kappa shape index (κ3) is 7.95. The average Bonchev–Trinajstić information content (AvgIpc) is 3.08. The van der Waals surface area contributed by atoms with Gasteiger partial charge in [-0.15, -0.1) is 0 Å². The molecule has 0 bridgehead atoms. The van der Waals surface area contributed by atoms with Crippen LogP contribution in [0.1, 0.15) is 11.1 Å². The molecular formula is C36H42N6O5. The second-order valence-corrected chi connectivity index (χ2v) is 11.2. The molecule has 11 nitrogen and oxygen atoms in total. The van der Waals surface area contributed by atoms with Gasteiger partial charge in [0, 0.05) is 50.4 Å². The van der Waals surface area contributed by atoms with Gasteiger partial charge in [0.05, 0.1) is 32.8 Å². The number of ether oxygens (including phenoxy) is 2. The van der Waals surface area contributed by atoms with Gasteiger partial charge in [0.2, 0.25) is 0 Å². The van der Waals surface area contributed by atoms with Gasteiger partial charge in [-0.3, -0.25) is 28.7 Å². The minimum atomic E-state index is -0.129. The predicted octanol–water partition coefficient (Wildman–Crippen LogP) is 3.99. The zero-order valence-corrected chi connectivity index (χ0v) is 27.8. The molecule has 0 saturated heterocycles. The SMILES string of the molecule is CNC.COCn1c(=O)c2cccnc2c2cc(CC=O)ccc21.COCn1c(=O)c2cccnc2c2cc(CCN(C)C)ccc21. The Balaban J connectivity index is 0.000000197. The lowest BCUT2D eigenvalue weighted by molar-refractivity contribution is -0.107. The molecule has 246 valence electrons. The summed E-state index contributed by atoms with van der Waals surface area (Å²) in [4.78, 5) is 46.8. The monoisotopic (exact) mass is 638 g/mol. The molecule has 0 unspecified atom stereocenters. The number of carbonyl (C=O) groups excluding carboxylic acids is 1. The van der Waals surface area contributed by atoms with Gasteiger partial charge < -0.3 is 24.5 Å². The summed E-state index contributed by atoms with van der Waals surface area (Å²) >= 11 is 0. The molecule has 4 heterocycles. The first-order chi connectivity index (χ1) is 22.8. The number of benzene rings is 2. The Kier molecular flexibility index (Phi) is 12.4. The van der Waals surface area contributed by atoms with E-state index in [9.17, 15) is 14.4 Å². The third-order valence-electron chi connectivity index (χ3n) is 7.46. The lowest BCUT2D eigenvalue weighted by Crippen LogP contribution is -2.22. The second-order valence-electron chi connectivity index (χ2n) is 11.2. The van der Waals surface area contributed by atoms with Gasteiger partial charge in [-0.05, 0) is 94.3 Å². The van der Waals surface area contributed by atoms with Crippen LogP contribution in [0.25, 0.3) is 43.6 Å². The molecule has 1 N–H and O–H groups in total. The van der Waals surface area contributed by atoms with Crippen LogP contribution in [0, 0.1) is 0 Å². The van der Waals surface area contributed by atoms with E-state index < -0.39 is 0 Å². The fourth-order valence-electron chi connectivity index (χ4n) is 5.36. The van der Waals surface area contributed by atoms with Crippen molar-refractivity contribution in [2.24, 2.45) is 0 Å². The summed E-state index contributed by atoms with van der Waals surface area (Å²) in [6, 6.07) is 18.9. The van der Waals surface area contributed by atoms with Crippen LogP contribution in [-0.4, -0.2) is 79.2 Å². The van der Waals surface area contributed by atoms with Crippen LogP contribution in [0.4, 0.5) is 0 Å². The van der Waals surface area contributed by atoms with Crippen molar-refractivity contribution in [1.29, 1.82) is 0 Å². The number of carbonyl (C=O) groups is 1. The van der Waals surface area contributed by atoms with Gasteiger partial charge in [-0.2, -0.15) is 0 Å². The van der Waals surface area contributed by atoms with Crippen LogP contribution in [0.5, 0.6) is 0 Å². The molecule has 11 heteroatoms. The highest BCUT2D eigenvalue weighted by Gasteiger charge is 2.13. The molecule has 6 rings (SSSR count). The maximum Gasteiger partial charge on any atom is 0.262 e. The maximum atomic E-state index is 12.7. The summed E-state index contributed by atoms with van der Waals surface area (Å²) in [6.45, 7) is 1.39. The number of fused-ring (bicyclic) bond motifs is 6. The molecular weight excluding hydrogens is 596 g/mol. The van der Waals surface area contributed by atoms with Gasteiger partial charge in [-0.25, -0.2) is 0 Å². The molecule has 0 saturated carbocycles. The second kappa shape index (κ2) is 16.7. The minimum absolute atomic E-state index is 0.0662. The zero-order chi connectivity index (χ0) is 33.9. The molecule has 4 aromatic heterocycles. The highest BCUT2D eigenvalue weighted by atomic mass is 16.5. The minimum Gasteiger partial charge on any atom is -0.364 e. The van der Waals surface area contributed by atoms with E-state index in [-0.39, 0.29) is 24.6 Å². The van der Waals surface area contributed by atoms with Crippen molar-refractivity contribution in [2.75, 3.05) is 49.0 Å². The van der Waals surface area contributed by atoms with Crippen molar-refractivity contribution in [3.8, 4) is 0 Å². The maximum absolute atomic E-state index is 12.7. The van der Waals surface area contributed by atoms with Crippen LogP contribution in [0.3, 0.4) is 0 Å². The third-order valence-corrected chi connectivity index (χ3v) is 7.46. The number of aromatic nitrogens is 4. The molecule has 47 heavy (non-hydrogen) atoms. The lowest BCUT2D eigenvalue weighted by atomic mass is 10.1. The molecule has 0 aliphatic heterocycles. The quantitative estimate of drug-likeness (QED) is 0.185. The summed E-state index contributed by atoms with van der Waals surface area (Å²) in [5, 5.41) is 5.77. The summed E-state index contributed by atoms with van der Waals surface area (Å²) in [5.41, 5.74) is 4.95. The van der Waals surface area contributed by atoms with E-state index in [4.69, 9.17) is 9.47 Å². The molecule has 0 fully saturated rings. The molecule has 0 aliphatic carbocycles. The van der Waals surface area contributed by atoms with Crippen molar-refractivity contribution in [3.05, 3.63) is 105 Å². The smallest absolute Gasteiger partial charge is 0.262 e. The summed E-state index contributed by atoms with van der Waals surface area (Å²) in [6.07, 6.45) is 5.55. The number of aldehydes is 1. The number of likely N-dealkylation sites (N-methyl/N-ethyl adjacent to an activating group) is 1. The molecule has 0 spiro atoms. The van der Waals surface area contributed by atoms with Crippen molar-refractivity contribution in [1.82, 2.24) is 29.3 Å². The normalized spacial score (nSPS) is 11.0. The number of nitrogens with one attached hydrogen (secondary N) is 1. The Labute approximate surface area is 273 Å². The van der Waals surface area contributed by atoms with Crippen molar-refractivity contribution >= 4 is 49.9 Å². The van der Waals surface area contributed by atoms with E-state index in [2.05, 4.69) is 46.4 Å².